The minimum Gasteiger partial charge on any atom is -0.507 e. The van der Waals surface area contributed by atoms with Crippen LogP contribution in [0.15, 0.2) is 109 Å². The molecule has 1 aromatic heterocycles. The predicted molar refractivity (Wildman–Crippen MR) is 281 cm³/mol. The van der Waals surface area contributed by atoms with Crippen molar-refractivity contribution in [2.24, 2.45) is 29.6 Å². The van der Waals surface area contributed by atoms with E-state index in [-0.39, 0.29) is 60.2 Å². The Morgan fingerprint density at radius 3 is 2.46 bits per heavy atom. The molecule has 12 nitrogen and oxygen atoms in total. The maximum Gasteiger partial charge on any atom is 0.173 e. The molecule has 10 atom stereocenters. The molecule has 378 valence electrons. The molecule has 2 aliphatic carbocycles. The predicted octanol–water partition coefficient (Wildman–Crippen LogP) is 8.32. The van der Waals surface area contributed by atoms with Crippen molar-refractivity contribution in [1.82, 2.24) is 15.6 Å². The average molecular weight is 975 g/mol. The summed E-state index contributed by atoms with van der Waals surface area (Å²) < 4.78 is 5.50. The van der Waals surface area contributed by atoms with Gasteiger partial charge in [0.25, 0.3) is 0 Å². The summed E-state index contributed by atoms with van der Waals surface area (Å²) in [6.07, 6.45) is 7.53. The van der Waals surface area contributed by atoms with E-state index in [1.807, 2.05) is 66.9 Å². The van der Waals surface area contributed by atoms with Gasteiger partial charge in [-0.25, -0.2) is 0 Å². The number of phenolic OH excluding ortho intramolecular Hbond substituents is 2. The zero-order chi connectivity index (χ0) is 50.5. The number of dihydropyridines is 1. The van der Waals surface area contributed by atoms with E-state index in [9.17, 15) is 35.1 Å². The van der Waals surface area contributed by atoms with Gasteiger partial charge in [-0.1, -0.05) is 86.7 Å². The number of anilines is 1. The van der Waals surface area contributed by atoms with E-state index in [0.717, 1.165) is 63.3 Å². The number of rotatable bonds is 4. The number of phenols is 2. The standard InChI is InChI=1S/C60H70N4O8/c1-4-8-49-43-23-37(22-40-14-17-48(38-9-6-5-7-10-38)50-31-55(68)56(72-3)28-41(50)15-18-53(66)60(71)59(70)51(40)27-43)21-36-19-20-62-57(24-36)64-45-16-13-39-11-12-42(58(69)52(39)29-45)26-47(65)34-61-32-35(2)44-25-46(63-33-44)30-54(49)67/h5-7,9-13,16,19,24-25,28-29,31,33,35,37,40,43,47-49,51,54,60-65,67-69,71H,4,8,15,18,20-23,26-27,30,32,34H2,1-3H3/t35-,37-,40-,43-,47-,48+,49+,51-,54+,60-/m0/s1. The van der Waals surface area contributed by atoms with Gasteiger partial charge in [0.05, 0.1) is 25.2 Å². The summed E-state index contributed by atoms with van der Waals surface area (Å²) in [7, 11) is 1.48. The Hall–Kier alpha value is -6.36. The van der Waals surface area contributed by atoms with E-state index >= 15 is 0 Å². The third kappa shape index (κ3) is 11.5. The van der Waals surface area contributed by atoms with Crippen molar-refractivity contribution < 1.29 is 39.9 Å². The van der Waals surface area contributed by atoms with Crippen molar-refractivity contribution >= 4 is 28.0 Å². The number of hydrogen-bond acceptors (Lipinski definition) is 11. The molecule has 9 bridgehead atoms. The molecule has 0 amide bonds. The van der Waals surface area contributed by atoms with Crippen LogP contribution in [-0.4, -0.2) is 87.1 Å². The second-order valence-corrected chi connectivity index (χ2v) is 20.8. The van der Waals surface area contributed by atoms with Gasteiger partial charge >= 0.3 is 0 Å². The SMILES string of the molecule is CCC[C@@H]1[C@H]2C[C@@H](CC3=CCNC(=C3)Nc3ccc4ccc(c(O)c4c3)C[C@H](O)CNC[C@H](C)c3c[nH]c(c3)C[C@H]1O)C[C@@H]1C#C[C@H](c3ccccc3)c3cc(O)c(OC)cc3CCC(=O)[C@H](O)C(=O)[C@H]1C2. The fourth-order valence-corrected chi connectivity index (χ4v) is 11.9. The third-order valence-corrected chi connectivity index (χ3v) is 15.8. The van der Waals surface area contributed by atoms with Crippen LogP contribution < -0.4 is 20.7 Å². The number of aromatic amines is 1. The lowest BCUT2D eigenvalue weighted by Crippen LogP contribution is -2.40. The van der Waals surface area contributed by atoms with Crippen molar-refractivity contribution in [2.45, 2.75) is 108 Å². The van der Waals surface area contributed by atoms with Crippen molar-refractivity contribution in [1.29, 1.82) is 0 Å². The minimum absolute atomic E-state index is 0.00308. The molecule has 2 aliphatic heterocycles. The summed E-state index contributed by atoms with van der Waals surface area (Å²) in [5, 5.41) is 70.0. The number of methoxy groups -OCH3 is 1. The Bertz CT molecular complexity index is 2880. The van der Waals surface area contributed by atoms with Crippen LogP contribution in [0.5, 0.6) is 17.2 Å². The van der Waals surface area contributed by atoms with Gasteiger partial charge in [-0.2, -0.15) is 0 Å². The fraction of sp³-hybridized carbons (Fsp3) is 0.433. The van der Waals surface area contributed by atoms with Crippen LogP contribution in [0.1, 0.15) is 104 Å². The summed E-state index contributed by atoms with van der Waals surface area (Å²) >= 11 is 0. The molecule has 0 unspecified atom stereocenters. The molecule has 3 heterocycles. The molecule has 0 saturated heterocycles. The molecule has 1 saturated carbocycles. The number of benzene rings is 4. The number of nitrogens with one attached hydrogen (secondary N) is 4. The second kappa shape index (κ2) is 22.6. The van der Waals surface area contributed by atoms with Gasteiger partial charge < -0.3 is 51.2 Å². The van der Waals surface area contributed by atoms with Crippen LogP contribution >= 0.6 is 0 Å². The number of fused-ring (bicyclic) bond motifs is 9. The molecule has 4 aliphatic rings. The highest BCUT2D eigenvalue weighted by Crippen LogP contribution is 2.45. The van der Waals surface area contributed by atoms with Gasteiger partial charge in [-0.15, -0.1) is 0 Å². The monoisotopic (exact) mass is 975 g/mol. The largest absolute Gasteiger partial charge is 0.507 e. The van der Waals surface area contributed by atoms with Crippen LogP contribution in [0, 0.1) is 41.4 Å². The van der Waals surface area contributed by atoms with Crippen molar-refractivity contribution in [3.8, 4) is 29.1 Å². The van der Waals surface area contributed by atoms with Crippen LogP contribution in [0.4, 0.5) is 5.69 Å². The molecule has 0 spiro atoms. The number of ether oxygens (including phenoxy) is 1. The molecular formula is C60H70N4O8. The Labute approximate surface area is 423 Å². The Balaban J connectivity index is 1.14. The normalized spacial score (nSPS) is 27.6. The quantitative estimate of drug-likeness (QED) is 0.0621. The first kappa shape index (κ1) is 50.6. The van der Waals surface area contributed by atoms with E-state index in [1.165, 1.54) is 7.11 Å². The first-order chi connectivity index (χ1) is 34.8. The number of β-amino-alcohol motifs (C(OH)–C–C–N with tert-alkyl or cyclic N) is 1. The van der Waals surface area contributed by atoms with Gasteiger partial charge in [0, 0.05) is 73.7 Å². The molecule has 5 aromatic rings. The van der Waals surface area contributed by atoms with Crippen LogP contribution in [0.25, 0.3) is 10.8 Å². The first-order valence-electron chi connectivity index (χ1n) is 26.0. The summed E-state index contributed by atoms with van der Waals surface area (Å²) in [5.41, 5.74) is 6.92. The lowest BCUT2D eigenvalue weighted by atomic mass is 9.73. The van der Waals surface area contributed by atoms with E-state index in [2.05, 4.69) is 64.8 Å². The number of carbonyl (C=O) groups is 2. The second-order valence-electron chi connectivity index (χ2n) is 20.8. The number of aromatic nitrogens is 1. The van der Waals surface area contributed by atoms with Gasteiger partial charge in [-0.05, 0) is 137 Å². The van der Waals surface area contributed by atoms with Crippen LogP contribution in [-0.2, 0) is 28.9 Å². The smallest absolute Gasteiger partial charge is 0.173 e. The molecule has 9 rings (SSSR count). The van der Waals surface area contributed by atoms with Crippen molar-refractivity contribution in [3.63, 3.8) is 0 Å². The van der Waals surface area contributed by atoms with Crippen molar-refractivity contribution in [2.75, 3.05) is 32.1 Å². The highest BCUT2D eigenvalue weighted by molar-refractivity contribution is 6.06. The zero-order valence-electron chi connectivity index (χ0n) is 41.7. The molecule has 12 heteroatoms. The van der Waals surface area contributed by atoms with Crippen LogP contribution in [0.2, 0.25) is 0 Å². The summed E-state index contributed by atoms with van der Waals surface area (Å²) in [5.74, 6) is 5.27. The number of aromatic hydroxyl groups is 2. The van der Waals surface area contributed by atoms with Crippen molar-refractivity contribution in [3.05, 3.63) is 142 Å². The van der Waals surface area contributed by atoms with Crippen LogP contribution in [0.3, 0.4) is 0 Å². The number of aryl methyl sites for hydroxylation is 1. The highest BCUT2D eigenvalue weighted by Gasteiger charge is 2.43. The molecule has 0 radical (unpaired) electrons. The van der Waals surface area contributed by atoms with E-state index in [0.29, 0.717) is 62.7 Å². The van der Waals surface area contributed by atoms with E-state index < -0.39 is 47.6 Å². The summed E-state index contributed by atoms with van der Waals surface area (Å²) in [6, 6.07) is 25.1. The zero-order valence-corrected chi connectivity index (χ0v) is 41.7. The molecule has 9 N–H and O–H groups in total. The number of aliphatic hydroxyl groups excluding tert-OH is 3. The van der Waals surface area contributed by atoms with Gasteiger partial charge in [-0.3, -0.25) is 9.59 Å². The molecular weight excluding hydrogens is 905 g/mol. The fourth-order valence-electron chi connectivity index (χ4n) is 11.9. The molecule has 1 fully saturated rings. The maximum atomic E-state index is 15.0. The summed E-state index contributed by atoms with van der Waals surface area (Å²) in [6.45, 7) is 5.77. The topological polar surface area (TPSA) is 196 Å². The molecule has 4 aromatic carbocycles. The summed E-state index contributed by atoms with van der Waals surface area (Å²) in [4.78, 5) is 32.4. The number of carbonyl (C=O) groups excluding carboxylic acids is 2. The Morgan fingerprint density at radius 2 is 1.65 bits per heavy atom. The van der Waals surface area contributed by atoms with Gasteiger partial charge in [0.1, 0.15) is 11.6 Å². The minimum atomic E-state index is -1.84. The number of hydrogen-bond donors (Lipinski definition) is 9. The first-order valence-corrected chi connectivity index (χ1v) is 26.0. The number of H-pyrrole nitrogens is 1. The number of allylic oxidation sites excluding steroid dienone is 2. The molecule has 72 heavy (non-hydrogen) atoms. The Kier molecular flexibility index (Phi) is 15.9. The number of ketones is 2. The number of Topliss-reactive ketones (excluding diaryl/α,β-unsaturated/α-hetero) is 2. The maximum absolute atomic E-state index is 15.0. The lowest BCUT2D eigenvalue weighted by molar-refractivity contribution is -0.142. The van der Waals surface area contributed by atoms with E-state index in [1.54, 1.807) is 12.1 Å². The Morgan fingerprint density at radius 1 is 0.833 bits per heavy atom. The van der Waals surface area contributed by atoms with Gasteiger partial charge in [0.2, 0.25) is 0 Å². The van der Waals surface area contributed by atoms with E-state index in [4.69, 9.17) is 4.74 Å². The number of aliphatic hydroxyl groups is 3. The average Bonchev–Trinajstić information content (AvgIpc) is 3.77. The third-order valence-electron chi connectivity index (χ3n) is 15.8. The van der Waals surface area contributed by atoms with Gasteiger partial charge in [0.15, 0.2) is 29.2 Å². The highest BCUT2D eigenvalue weighted by atomic mass is 16.5. The lowest BCUT2D eigenvalue weighted by Gasteiger charge is -2.33.